The first-order chi connectivity index (χ1) is 11.2. The second-order valence-electron chi connectivity index (χ2n) is 5.38. The maximum Gasteiger partial charge on any atom is 0.250 e. The number of benzene rings is 2. The van der Waals surface area contributed by atoms with Gasteiger partial charge in [-0.25, -0.2) is 0 Å². The minimum absolute atomic E-state index is 0.102. The predicted octanol–water partition coefficient (Wildman–Crippen LogP) is 2.99. The fraction of sp³-hybridized carbons (Fsp3) is 0.222. The summed E-state index contributed by atoms with van der Waals surface area (Å²) in [5.74, 6) is 0.503. The number of rotatable bonds is 4. The van der Waals surface area contributed by atoms with Crippen LogP contribution in [-0.4, -0.2) is 27.9 Å². The smallest absolute Gasteiger partial charge is 0.250 e. The van der Waals surface area contributed by atoms with Crippen LogP contribution in [0.4, 0.5) is 5.69 Å². The van der Waals surface area contributed by atoms with E-state index in [0.29, 0.717) is 11.4 Å². The van der Waals surface area contributed by atoms with E-state index in [0.717, 1.165) is 21.7 Å². The molecule has 0 unspecified atom stereocenters. The summed E-state index contributed by atoms with van der Waals surface area (Å²) < 4.78 is 0. The summed E-state index contributed by atoms with van der Waals surface area (Å²) in [6, 6.07) is 15.1. The molecule has 1 atom stereocenters. The minimum Gasteiger partial charge on any atom is -0.392 e. The Morgan fingerprint density at radius 1 is 1.26 bits per heavy atom. The molecule has 2 N–H and O–H groups in total. The van der Waals surface area contributed by atoms with Crippen molar-refractivity contribution < 1.29 is 9.90 Å². The van der Waals surface area contributed by atoms with E-state index in [1.54, 1.807) is 11.8 Å². The van der Waals surface area contributed by atoms with Gasteiger partial charge in [0.15, 0.2) is 0 Å². The number of nitrogens with zero attached hydrogens (tertiary/aromatic N) is 1. The standard InChI is InChI=1S/C18H18N2O2S/c1-12-6-5-9-14(10-21)16(12)20-17(22)15-11-23-18(19-15)13-7-3-2-4-8-13/h2-9,15,21H,10-11H2,1H3,(H,20,22)/t15-/m0/s1. The molecule has 2 aromatic rings. The van der Waals surface area contributed by atoms with Gasteiger partial charge in [0.05, 0.1) is 11.7 Å². The summed E-state index contributed by atoms with van der Waals surface area (Å²) in [4.78, 5) is 17.0. The van der Waals surface area contributed by atoms with Crippen LogP contribution in [0.25, 0.3) is 0 Å². The first-order valence-electron chi connectivity index (χ1n) is 7.45. The third kappa shape index (κ3) is 3.46. The largest absolute Gasteiger partial charge is 0.392 e. The van der Waals surface area contributed by atoms with Crippen LogP contribution >= 0.6 is 11.8 Å². The zero-order chi connectivity index (χ0) is 16.2. The topological polar surface area (TPSA) is 61.7 Å². The number of carbonyl (C=O) groups excluding carboxylic acids is 1. The Bertz CT molecular complexity index is 744. The molecule has 1 heterocycles. The highest BCUT2D eigenvalue weighted by Crippen LogP contribution is 2.26. The Balaban J connectivity index is 1.77. The molecule has 0 aromatic heterocycles. The quantitative estimate of drug-likeness (QED) is 0.908. The predicted molar refractivity (Wildman–Crippen MR) is 95.0 cm³/mol. The van der Waals surface area contributed by atoms with Crippen molar-refractivity contribution >= 4 is 28.4 Å². The third-order valence-electron chi connectivity index (χ3n) is 3.75. The molecular weight excluding hydrogens is 308 g/mol. The van der Waals surface area contributed by atoms with Crippen LogP contribution in [0.15, 0.2) is 53.5 Å². The second-order valence-corrected chi connectivity index (χ2v) is 6.39. The van der Waals surface area contributed by atoms with Gasteiger partial charge in [-0.1, -0.05) is 48.5 Å². The number of anilines is 1. The van der Waals surface area contributed by atoms with Crippen molar-refractivity contribution in [2.75, 3.05) is 11.1 Å². The molecule has 0 saturated carbocycles. The van der Waals surface area contributed by atoms with Gasteiger partial charge in [0.1, 0.15) is 6.04 Å². The molecule has 23 heavy (non-hydrogen) atoms. The maximum atomic E-state index is 12.5. The highest BCUT2D eigenvalue weighted by molar-refractivity contribution is 8.14. The minimum atomic E-state index is -0.402. The highest BCUT2D eigenvalue weighted by Gasteiger charge is 2.26. The lowest BCUT2D eigenvalue weighted by Gasteiger charge is -2.14. The van der Waals surface area contributed by atoms with Crippen LogP contribution in [0, 0.1) is 6.92 Å². The zero-order valence-electron chi connectivity index (χ0n) is 12.8. The van der Waals surface area contributed by atoms with Gasteiger partial charge in [0, 0.05) is 22.6 Å². The number of aryl methyl sites for hydroxylation is 1. The van der Waals surface area contributed by atoms with E-state index < -0.39 is 6.04 Å². The van der Waals surface area contributed by atoms with E-state index in [1.165, 1.54) is 0 Å². The first kappa shape index (κ1) is 15.8. The van der Waals surface area contributed by atoms with Crippen LogP contribution in [0.3, 0.4) is 0 Å². The van der Waals surface area contributed by atoms with Gasteiger partial charge in [-0.2, -0.15) is 0 Å². The Kier molecular flexibility index (Phi) is 4.79. The average Bonchev–Trinajstić information content (AvgIpc) is 3.07. The second kappa shape index (κ2) is 6.98. The van der Waals surface area contributed by atoms with Crippen molar-refractivity contribution in [2.24, 2.45) is 4.99 Å². The molecule has 1 amide bonds. The van der Waals surface area contributed by atoms with Gasteiger partial charge in [-0.3, -0.25) is 9.79 Å². The van der Waals surface area contributed by atoms with Gasteiger partial charge in [-0.15, -0.1) is 11.8 Å². The summed E-state index contributed by atoms with van der Waals surface area (Å²) in [5, 5.41) is 13.3. The Morgan fingerprint density at radius 2 is 2.04 bits per heavy atom. The molecule has 118 valence electrons. The monoisotopic (exact) mass is 326 g/mol. The number of carbonyl (C=O) groups is 1. The number of aliphatic hydroxyl groups is 1. The summed E-state index contributed by atoms with van der Waals surface area (Å²) >= 11 is 1.60. The highest BCUT2D eigenvalue weighted by atomic mass is 32.2. The third-order valence-corrected chi connectivity index (χ3v) is 4.85. The molecule has 0 spiro atoms. The Labute approximate surface area is 139 Å². The molecule has 2 aromatic carbocycles. The summed E-state index contributed by atoms with van der Waals surface area (Å²) in [5.41, 5.74) is 3.38. The van der Waals surface area contributed by atoms with Crippen molar-refractivity contribution in [1.82, 2.24) is 0 Å². The number of hydrogen-bond donors (Lipinski definition) is 2. The number of para-hydroxylation sites is 1. The van der Waals surface area contributed by atoms with E-state index in [-0.39, 0.29) is 12.5 Å². The van der Waals surface area contributed by atoms with Gasteiger partial charge in [-0.05, 0) is 12.5 Å². The normalized spacial score (nSPS) is 17.0. The van der Waals surface area contributed by atoms with Gasteiger partial charge in [0.25, 0.3) is 0 Å². The van der Waals surface area contributed by atoms with Crippen LogP contribution in [0.2, 0.25) is 0 Å². The van der Waals surface area contributed by atoms with Crippen LogP contribution in [0.5, 0.6) is 0 Å². The number of thioether (sulfide) groups is 1. The number of aliphatic hydroxyl groups excluding tert-OH is 1. The van der Waals surface area contributed by atoms with Crippen LogP contribution in [0.1, 0.15) is 16.7 Å². The van der Waals surface area contributed by atoms with Gasteiger partial charge >= 0.3 is 0 Å². The van der Waals surface area contributed by atoms with Crippen molar-refractivity contribution in [3.63, 3.8) is 0 Å². The molecule has 0 aliphatic carbocycles. The molecule has 4 nitrogen and oxygen atoms in total. The molecule has 1 aliphatic heterocycles. The Morgan fingerprint density at radius 3 is 2.78 bits per heavy atom. The molecule has 0 bridgehead atoms. The summed E-state index contributed by atoms with van der Waals surface area (Å²) in [7, 11) is 0. The van der Waals surface area contributed by atoms with Crippen molar-refractivity contribution in [1.29, 1.82) is 0 Å². The molecular formula is C18H18N2O2S. The van der Waals surface area contributed by atoms with Crippen molar-refractivity contribution in [2.45, 2.75) is 19.6 Å². The van der Waals surface area contributed by atoms with Crippen LogP contribution in [-0.2, 0) is 11.4 Å². The van der Waals surface area contributed by atoms with E-state index >= 15 is 0 Å². The van der Waals surface area contributed by atoms with E-state index in [9.17, 15) is 9.90 Å². The average molecular weight is 326 g/mol. The lowest BCUT2D eigenvalue weighted by Crippen LogP contribution is -2.27. The van der Waals surface area contributed by atoms with E-state index in [2.05, 4.69) is 10.3 Å². The molecule has 0 radical (unpaired) electrons. The molecule has 1 aliphatic rings. The van der Waals surface area contributed by atoms with Gasteiger partial charge in [0.2, 0.25) is 5.91 Å². The molecule has 0 fully saturated rings. The van der Waals surface area contributed by atoms with Crippen molar-refractivity contribution in [3.05, 3.63) is 65.2 Å². The number of nitrogens with one attached hydrogen (secondary N) is 1. The maximum absolute atomic E-state index is 12.5. The SMILES string of the molecule is Cc1cccc(CO)c1NC(=O)[C@@H]1CSC(c2ccccc2)=N1. The van der Waals surface area contributed by atoms with E-state index in [1.807, 2.05) is 55.5 Å². The fourth-order valence-electron chi connectivity index (χ4n) is 2.49. The summed E-state index contributed by atoms with van der Waals surface area (Å²) in [6.07, 6.45) is 0. The zero-order valence-corrected chi connectivity index (χ0v) is 13.6. The molecule has 0 saturated heterocycles. The number of amides is 1. The number of hydrogen-bond acceptors (Lipinski definition) is 4. The molecule has 5 heteroatoms. The van der Waals surface area contributed by atoms with Crippen molar-refractivity contribution in [3.8, 4) is 0 Å². The van der Waals surface area contributed by atoms with E-state index in [4.69, 9.17) is 0 Å². The first-order valence-corrected chi connectivity index (χ1v) is 8.44. The fourth-order valence-corrected chi connectivity index (χ4v) is 3.54. The van der Waals surface area contributed by atoms with Crippen LogP contribution < -0.4 is 5.32 Å². The Hall–Kier alpha value is -2.11. The lowest BCUT2D eigenvalue weighted by atomic mass is 10.1. The number of aliphatic imine (C=N–C) groups is 1. The molecule has 3 rings (SSSR count). The lowest BCUT2D eigenvalue weighted by molar-refractivity contribution is -0.116. The van der Waals surface area contributed by atoms with Gasteiger partial charge < -0.3 is 10.4 Å². The summed E-state index contributed by atoms with van der Waals surface area (Å²) in [6.45, 7) is 1.81.